The highest BCUT2D eigenvalue weighted by Crippen LogP contribution is 2.39. The second kappa shape index (κ2) is 10.3. The van der Waals surface area contributed by atoms with E-state index in [0.29, 0.717) is 30.1 Å². The van der Waals surface area contributed by atoms with Crippen molar-refractivity contribution < 1.29 is 19.4 Å². The summed E-state index contributed by atoms with van der Waals surface area (Å²) in [6, 6.07) is 5.96. The number of nitrogens with one attached hydrogen (secondary N) is 1. The maximum Gasteiger partial charge on any atom is 0.410 e. The third-order valence-electron chi connectivity index (χ3n) is 5.92. The molecule has 168 valence electrons. The van der Waals surface area contributed by atoms with Crippen molar-refractivity contribution in [3.05, 3.63) is 44.5 Å². The van der Waals surface area contributed by atoms with E-state index in [9.17, 15) is 20.0 Å². The molecule has 0 spiro atoms. The lowest BCUT2D eigenvalue weighted by molar-refractivity contribution is -0.111. The molecule has 1 aliphatic carbocycles. The smallest absolute Gasteiger partial charge is 0.410 e. The molecule has 9 heteroatoms. The molecule has 2 atom stereocenters. The van der Waals surface area contributed by atoms with Gasteiger partial charge in [-0.3, -0.25) is 4.79 Å². The predicted octanol–water partition coefficient (Wildman–Crippen LogP) is 4.03. The van der Waals surface area contributed by atoms with Crippen LogP contribution < -0.4 is 5.32 Å². The third-order valence-corrected chi connectivity index (χ3v) is 7.93. The quantitative estimate of drug-likeness (QED) is 0.619. The zero-order chi connectivity index (χ0) is 22.5. The van der Waals surface area contributed by atoms with Gasteiger partial charge in [0, 0.05) is 22.4 Å². The highest BCUT2D eigenvalue weighted by atomic mass is 32.1. The number of hydrogen-bond donors (Lipinski definition) is 2. The van der Waals surface area contributed by atoms with Gasteiger partial charge in [0.25, 0.3) is 0 Å². The Morgan fingerprint density at radius 1 is 1.41 bits per heavy atom. The number of aliphatic hydroxyl groups is 1. The Bertz CT molecular complexity index is 1040. The summed E-state index contributed by atoms with van der Waals surface area (Å²) in [6.45, 7) is 0.905. The Morgan fingerprint density at radius 2 is 2.28 bits per heavy atom. The van der Waals surface area contributed by atoms with E-state index < -0.39 is 0 Å². The maximum atomic E-state index is 12.4. The van der Waals surface area contributed by atoms with Crippen LogP contribution in [0, 0.1) is 17.2 Å². The van der Waals surface area contributed by atoms with Gasteiger partial charge in [0.15, 0.2) is 0 Å². The summed E-state index contributed by atoms with van der Waals surface area (Å²) in [5.74, 6) is -0.0860. The van der Waals surface area contributed by atoms with Crippen molar-refractivity contribution in [2.75, 3.05) is 25.1 Å². The molecule has 1 saturated heterocycles. The molecule has 4 rings (SSSR count). The predicted molar refractivity (Wildman–Crippen MR) is 125 cm³/mol. The summed E-state index contributed by atoms with van der Waals surface area (Å²) in [4.78, 5) is 28.4. The average molecular weight is 472 g/mol. The van der Waals surface area contributed by atoms with E-state index in [-0.39, 0.29) is 30.6 Å². The molecule has 7 nitrogen and oxygen atoms in total. The van der Waals surface area contributed by atoms with Crippen LogP contribution in [0.15, 0.2) is 23.6 Å². The summed E-state index contributed by atoms with van der Waals surface area (Å²) < 4.78 is 5.55. The maximum absolute atomic E-state index is 12.4. The molecule has 2 unspecified atom stereocenters. The minimum atomic E-state index is -0.360. The van der Waals surface area contributed by atoms with Crippen molar-refractivity contribution in [2.45, 2.75) is 38.1 Å². The van der Waals surface area contributed by atoms with Crippen LogP contribution in [0.2, 0.25) is 0 Å². The highest BCUT2D eigenvalue weighted by Gasteiger charge is 2.31. The molecule has 32 heavy (non-hydrogen) atoms. The normalized spacial score (nSPS) is 20.2. The number of carbonyl (C=O) groups excluding carboxylic acids is 2. The molecular formula is C23H25N3O4S2. The van der Waals surface area contributed by atoms with Gasteiger partial charge in [-0.1, -0.05) is 6.07 Å². The standard InChI is InChI=1S/C23H25N3O4S2/c24-12-19-18-7-5-15(14-30-23(29)26-9-1-3-16(26)13-27)11-20(18)32-22(19)25-21(28)8-6-17-4-2-10-31-17/h2,4,6,8,10,15-16,27H,1,3,5,7,9,11,13-14H2,(H,25,28). The van der Waals surface area contributed by atoms with Gasteiger partial charge in [0.2, 0.25) is 5.91 Å². The van der Waals surface area contributed by atoms with Gasteiger partial charge in [0.1, 0.15) is 11.1 Å². The number of amides is 2. The number of nitrogens with zero attached hydrogens (tertiary/aromatic N) is 2. The van der Waals surface area contributed by atoms with Crippen LogP contribution in [0.25, 0.3) is 6.08 Å². The number of aliphatic hydroxyl groups excluding tert-OH is 1. The lowest BCUT2D eigenvalue weighted by Gasteiger charge is -2.25. The molecule has 2 aromatic rings. The van der Waals surface area contributed by atoms with Gasteiger partial charge in [0.05, 0.1) is 24.8 Å². The number of fused-ring (bicyclic) bond motifs is 1. The summed E-state index contributed by atoms with van der Waals surface area (Å²) in [5.41, 5.74) is 1.54. The minimum absolute atomic E-state index is 0.0367. The fourth-order valence-corrected chi connectivity index (χ4v) is 6.17. The Hall–Kier alpha value is -2.67. The van der Waals surface area contributed by atoms with Crippen LogP contribution in [0.5, 0.6) is 0 Å². The van der Waals surface area contributed by atoms with Gasteiger partial charge in [-0.2, -0.15) is 5.26 Å². The van der Waals surface area contributed by atoms with E-state index in [1.54, 1.807) is 22.3 Å². The molecule has 1 fully saturated rings. The van der Waals surface area contributed by atoms with Crippen molar-refractivity contribution in [3.8, 4) is 6.07 Å². The summed E-state index contributed by atoms with van der Waals surface area (Å²) in [5, 5.41) is 24.4. The number of hydrogen-bond acceptors (Lipinski definition) is 7. The summed E-state index contributed by atoms with van der Waals surface area (Å²) >= 11 is 2.99. The molecule has 2 aromatic heterocycles. The largest absolute Gasteiger partial charge is 0.449 e. The van der Waals surface area contributed by atoms with Crippen LogP contribution in [-0.4, -0.2) is 47.8 Å². The SMILES string of the molecule is N#Cc1c(NC(=O)C=Cc2cccs2)sc2c1CCC(COC(=O)N1CCCC1CO)C2. The second-order valence-electron chi connectivity index (χ2n) is 8.02. The Balaban J connectivity index is 1.36. The first-order valence-electron chi connectivity index (χ1n) is 10.7. The fourth-order valence-electron chi connectivity index (χ4n) is 4.24. The zero-order valence-corrected chi connectivity index (χ0v) is 19.2. The second-order valence-corrected chi connectivity index (χ2v) is 10.1. The molecule has 3 heterocycles. The Labute approximate surface area is 194 Å². The van der Waals surface area contributed by atoms with E-state index in [4.69, 9.17) is 4.74 Å². The van der Waals surface area contributed by atoms with E-state index in [1.807, 2.05) is 17.5 Å². The van der Waals surface area contributed by atoms with Crippen LogP contribution in [-0.2, 0) is 22.4 Å². The van der Waals surface area contributed by atoms with Gasteiger partial charge in [-0.15, -0.1) is 22.7 Å². The summed E-state index contributed by atoms with van der Waals surface area (Å²) in [6.07, 6.45) is 6.82. The van der Waals surface area contributed by atoms with Gasteiger partial charge < -0.3 is 20.1 Å². The number of carbonyl (C=O) groups is 2. The van der Waals surface area contributed by atoms with E-state index in [0.717, 1.165) is 41.0 Å². The summed E-state index contributed by atoms with van der Waals surface area (Å²) in [7, 11) is 0. The number of rotatable bonds is 6. The minimum Gasteiger partial charge on any atom is -0.449 e. The molecule has 2 aliphatic rings. The van der Waals surface area contributed by atoms with Crippen LogP contribution in [0.4, 0.5) is 9.80 Å². The van der Waals surface area contributed by atoms with Crippen LogP contribution in [0.3, 0.4) is 0 Å². The van der Waals surface area contributed by atoms with Crippen molar-refractivity contribution in [2.24, 2.45) is 5.92 Å². The van der Waals surface area contributed by atoms with Gasteiger partial charge in [-0.05, 0) is 61.1 Å². The number of thiophene rings is 2. The molecule has 2 N–H and O–H groups in total. The first kappa shape index (κ1) is 22.5. The van der Waals surface area contributed by atoms with Crippen molar-refractivity contribution in [3.63, 3.8) is 0 Å². The van der Waals surface area contributed by atoms with Crippen molar-refractivity contribution >= 4 is 45.8 Å². The Morgan fingerprint density at radius 3 is 3.03 bits per heavy atom. The topological polar surface area (TPSA) is 103 Å². The van der Waals surface area contributed by atoms with Crippen molar-refractivity contribution in [1.29, 1.82) is 5.26 Å². The zero-order valence-electron chi connectivity index (χ0n) is 17.6. The fraction of sp³-hybridized carbons (Fsp3) is 0.435. The monoisotopic (exact) mass is 471 g/mol. The lowest BCUT2D eigenvalue weighted by atomic mass is 9.88. The first-order chi connectivity index (χ1) is 15.6. The highest BCUT2D eigenvalue weighted by molar-refractivity contribution is 7.16. The number of likely N-dealkylation sites (tertiary alicyclic amines) is 1. The molecule has 0 saturated carbocycles. The number of nitriles is 1. The van der Waals surface area contributed by atoms with Crippen LogP contribution >= 0.6 is 22.7 Å². The number of anilines is 1. The first-order valence-corrected chi connectivity index (χ1v) is 12.4. The molecule has 1 aliphatic heterocycles. The van der Waals surface area contributed by atoms with Crippen molar-refractivity contribution in [1.82, 2.24) is 4.90 Å². The van der Waals surface area contributed by atoms with E-state index in [1.165, 1.54) is 17.4 Å². The molecule has 0 bridgehead atoms. The molecular weight excluding hydrogens is 446 g/mol. The van der Waals surface area contributed by atoms with E-state index in [2.05, 4.69) is 11.4 Å². The average Bonchev–Trinajstić information content (AvgIpc) is 3.55. The molecule has 0 radical (unpaired) electrons. The Kier molecular flexibility index (Phi) is 7.25. The number of ether oxygens (including phenoxy) is 1. The molecule has 2 amide bonds. The van der Waals surface area contributed by atoms with Gasteiger partial charge >= 0.3 is 6.09 Å². The lowest BCUT2D eigenvalue weighted by Crippen LogP contribution is -2.38. The van der Waals surface area contributed by atoms with Gasteiger partial charge in [-0.25, -0.2) is 4.79 Å². The van der Waals surface area contributed by atoms with E-state index >= 15 is 0 Å². The third kappa shape index (κ3) is 5.04. The molecule has 0 aromatic carbocycles. The van der Waals surface area contributed by atoms with Crippen LogP contribution in [0.1, 0.15) is 40.1 Å².